The van der Waals surface area contributed by atoms with Crippen LogP contribution in [0.1, 0.15) is 49.6 Å². The lowest BCUT2D eigenvalue weighted by Crippen LogP contribution is -2.30. The Morgan fingerprint density at radius 2 is 2.10 bits per heavy atom. The Balaban J connectivity index is 1.74. The first-order valence-corrected chi connectivity index (χ1v) is 9.50. The molecule has 116 valence electrons. The molecule has 0 radical (unpaired) electrons. The molecule has 1 saturated carbocycles. The molecule has 21 heavy (non-hydrogen) atoms. The molecule has 1 aromatic heterocycles. The van der Waals surface area contributed by atoms with E-state index in [0.717, 1.165) is 30.2 Å². The quantitative estimate of drug-likeness (QED) is 0.909. The number of rotatable bonds is 4. The Hall–Kier alpha value is -0.690. The molecule has 2 fully saturated rings. The first-order valence-electron chi connectivity index (χ1n) is 7.40. The zero-order valence-corrected chi connectivity index (χ0v) is 13.7. The van der Waals surface area contributed by atoms with Crippen LogP contribution in [0.15, 0.2) is 4.52 Å². The number of carboxylic acids is 1. The van der Waals surface area contributed by atoms with Crippen LogP contribution < -0.4 is 0 Å². The summed E-state index contributed by atoms with van der Waals surface area (Å²) < 4.78 is 5.36. The van der Waals surface area contributed by atoms with Crippen molar-refractivity contribution in [1.82, 2.24) is 10.1 Å². The van der Waals surface area contributed by atoms with E-state index in [2.05, 4.69) is 17.1 Å². The van der Waals surface area contributed by atoms with Crippen LogP contribution in [0.4, 0.5) is 0 Å². The van der Waals surface area contributed by atoms with Gasteiger partial charge < -0.3 is 9.63 Å². The second-order valence-corrected chi connectivity index (χ2v) is 8.62. The fourth-order valence-corrected chi connectivity index (χ4v) is 5.86. The maximum Gasteiger partial charge on any atom is 0.310 e. The van der Waals surface area contributed by atoms with Crippen molar-refractivity contribution in [2.24, 2.45) is 5.41 Å². The van der Waals surface area contributed by atoms with Crippen molar-refractivity contribution in [2.45, 2.75) is 49.5 Å². The molecule has 1 aromatic rings. The van der Waals surface area contributed by atoms with Gasteiger partial charge in [0, 0.05) is 23.2 Å². The average molecular weight is 328 g/mol. The van der Waals surface area contributed by atoms with Gasteiger partial charge in [-0.15, -0.1) is 11.8 Å². The summed E-state index contributed by atoms with van der Waals surface area (Å²) in [5.41, 5.74) is -0.691. The zero-order chi connectivity index (χ0) is 14.9. The van der Waals surface area contributed by atoms with E-state index in [1.807, 2.05) is 23.5 Å². The minimum Gasteiger partial charge on any atom is -0.481 e. The number of hydrogen-bond acceptors (Lipinski definition) is 6. The van der Waals surface area contributed by atoms with Crippen molar-refractivity contribution >= 4 is 29.5 Å². The van der Waals surface area contributed by atoms with E-state index < -0.39 is 11.4 Å². The predicted molar refractivity (Wildman–Crippen MR) is 83.7 cm³/mol. The SMILES string of the molecule is CC1SCCSC1c1noc(CC2(C(=O)O)CCCC2)n1. The van der Waals surface area contributed by atoms with Gasteiger partial charge in [0.1, 0.15) is 0 Å². The van der Waals surface area contributed by atoms with E-state index in [-0.39, 0.29) is 5.25 Å². The third-order valence-corrected chi connectivity index (χ3v) is 7.52. The summed E-state index contributed by atoms with van der Waals surface area (Å²) >= 11 is 3.79. The van der Waals surface area contributed by atoms with Crippen LogP contribution >= 0.6 is 23.5 Å². The molecule has 5 nitrogen and oxygen atoms in total. The molecule has 1 saturated heterocycles. The Bertz CT molecular complexity index is 514. The summed E-state index contributed by atoms with van der Waals surface area (Å²) in [4.78, 5) is 16.1. The molecule has 3 rings (SSSR count). The molecule has 0 spiro atoms. The van der Waals surface area contributed by atoms with Crippen LogP contribution in [-0.4, -0.2) is 38.0 Å². The molecule has 1 aliphatic carbocycles. The van der Waals surface area contributed by atoms with Crippen LogP contribution in [0.3, 0.4) is 0 Å². The van der Waals surface area contributed by atoms with Gasteiger partial charge >= 0.3 is 5.97 Å². The van der Waals surface area contributed by atoms with Crippen molar-refractivity contribution in [2.75, 3.05) is 11.5 Å². The van der Waals surface area contributed by atoms with Crippen molar-refractivity contribution in [1.29, 1.82) is 0 Å². The zero-order valence-electron chi connectivity index (χ0n) is 12.1. The molecule has 2 heterocycles. The predicted octanol–water partition coefficient (Wildman–Crippen LogP) is 3.17. The largest absolute Gasteiger partial charge is 0.481 e. The van der Waals surface area contributed by atoms with Gasteiger partial charge in [0.25, 0.3) is 0 Å². The third kappa shape index (κ3) is 3.08. The molecule has 1 N–H and O–H groups in total. The topological polar surface area (TPSA) is 76.2 Å². The van der Waals surface area contributed by atoms with Gasteiger partial charge in [-0.1, -0.05) is 24.9 Å². The number of thioether (sulfide) groups is 2. The van der Waals surface area contributed by atoms with E-state index in [0.29, 0.717) is 30.4 Å². The molecule has 1 aliphatic heterocycles. The third-order valence-electron chi connectivity index (χ3n) is 4.43. The maximum absolute atomic E-state index is 11.6. The molecule has 0 amide bonds. The first kappa shape index (κ1) is 15.2. The van der Waals surface area contributed by atoms with Crippen LogP contribution in [0, 0.1) is 5.41 Å². The highest BCUT2D eigenvalue weighted by molar-refractivity contribution is 8.06. The highest BCUT2D eigenvalue weighted by atomic mass is 32.2. The molecular weight excluding hydrogens is 308 g/mol. The van der Waals surface area contributed by atoms with Crippen molar-refractivity contribution in [3.05, 3.63) is 11.7 Å². The van der Waals surface area contributed by atoms with Crippen LogP contribution in [0.5, 0.6) is 0 Å². The Morgan fingerprint density at radius 1 is 1.38 bits per heavy atom. The fraction of sp³-hybridized carbons (Fsp3) is 0.786. The number of carbonyl (C=O) groups is 1. The number of carboxylic acid groups (broad SMARTS) is 1. The van der Waals surface area contributed by atoms with Crippen molar-refractivity contribution in [3.63, 3.8) is 0 Å². The molecule has 2 unspecified atom stereocenters. The average Bonchev–Trinajstić information content (AvgIpc) is 3.10. The van der Waals surface area contributed by atoms with Gasteiger partial charge in [-0.05, 0) is 12.8 Å². The van der Waals surface area contributed by atoms with Crippen LogP contribution in [-0.2, 0) is 11.2 Å². The maximum atomic E-state index is 11.6. The number of nitrogens with zero attached hydrogens (tertiary/aromatic N) is 2. The second kappa shape index (κ2) is 6.20. The molecular formula is C14H20N2O3S2. The van der Waals surface area contributed by atoms with E-state index >= 15 is 0 Å². The summed E-state index contributed by atoms with van der Waals surface area (Å²) in [6.07, 6.45) is 3.74. The van der Waals surface area contributed by atoms with Gasteiger partial charge in [0.05, 0.1) is 10.7 Å². The molecule has 7 heteroatoms. The highest BCUT2D eigenvalue weighted by Crippen LogP contribution is 2.43. The van der Waals surface area contributed by atoms with E-state index in [1.165, 1.54) is 0 Å². The number of hydrogen-bond donors (Lipinski definition) is 1. The lowest BCUT2D eigenvalue weighted by molar-refractivity contribution is -0.148. The van der Waals surface area contributed by atoms with E-state index in [4.69, 9.17) is 4.52 Å². The standard InChI is InChI=1S/C14H20N2O3S2/c1-9-11(21-7-6-20-9)12-15-10(19-16-12)8-14(13(17)18)4-2-3-5-14/h9,11H,2-8H2,1H3,(H,17,18). The molecule has 2 aliphatic rings. The first-order chi connectivity index (χ1) is 10.1. The number of aromatic nitrogens is 2. The fourth-order valence-electron chi connectivity index (χ4n) is 3.18. The van der Waals surface area contributed by atoms with Gasteiger partial charge in [0.15, 0.2) is 5.82 Å². The normalized spacial score (nSPS) is 28.6. The van der Waals surface area contributed by atoms with Crippen LogP contribution in [0.25, 0.3) is 0 Å². The van der Waals surface area contributed by atoms with E-state index in [9.17, 15) is 9.90 Å². The van der Waals surface area contributed by atoms with Crippen LogP contribution in [0.2, 0.25) is 0 Å². The highest BCUT2D eigenvalue weighted by Gasteiger charge is 2.43. The molecule has 0 aromatic carbocycles. The minimum absolute atomic E-state index is 0.255. The van der Waals surface area contributed by atoms with Gasteiger partial charge in [-0.3, -0.25) is 4.79 Å². The Morgan fingerprint density at radius 3 is 2.76 bits per heavy atom. The summed E-state index contributed by atoms with van der Waals surface area (Å²) in [7, 11) is 0. The summed E-state index contributed by atoms with van der Waals surface area (Å²) in [5.74, 6) is 2.75. The summed E-state index contributed by atoms with van der Waals surface area (Å²) in [6.45, 7) is 2.19. The molecule has 0 bridgehead atoms. The lowest BCUT2D eigenvalue weighted by atomic mass is 9.83. The second-order valence-electron chi connectivity index (χ2n) is 5.88. The van der Waals surface area contributed by atoms with E-state index in [1.54, 1.807) is 0 Å². The van der Waals surface area contributed by atoms with Gasteiger partial charge in [-0.25, -0.2) is 0 Å². The Labute approximate surface area is 132 Å². The van der Waals surface area contributed by atoms with Crippen molar-refractivity contribution < 1.29 is 14.4 Å². The van der Waals surface area contributed by atoms with Gasteiger partial charge in [0.2, 0.25) is 5.89 Å². The minimum atomic E-state index is -0.726. The summed E-state index contributed by atoms with van der Waals surface area (Å²) in [6, 6.07) is 0. The number of aliphatic carboxylic acids is 1. The lowest BCUT2D eigenvalue weighted by Gasteiger charge is -2.25. The summed E-state index contributed by atoms with van der Waals surface area (Å²) in [5, 5.41) is 14.4. The smallest absolute Gasteiger partial charge is 0.310 e. The van der Waals surface area contributed by atoms with Crippen molar-refractivity contribution in [3.8, 4) is 0 Å². The molecule has 2 atom stereocenters. The Kier molecular flexibility index (Phi) is 4.49. The van der Waals surface area contributed by atoms with Gasteiger partial charge in [-0.2, -0.15) is 16.7 Å². The monoisotopic (exact) mass is 328 g/mol.